The molecule has 4 rings (SSSR count). The number of hydrogen-bond donors (Lipinski definition) is 0. The molecule has 0 fully saturated rings. The molecule has 3 aromatic carbocycles. The maximum atomic E-state index is 13.6. The first-order valence-corrected chi connectivity index (χ1v) is 11.6. The van der Waals surface area contributed by atoms with E-state index in [1.807, 2.05) is 35.2 Å². The van der Waals surface area contributed by atoms with Crippen LogP contribution in [0.15, 0.2) is 72.8 Å². The van der Waals surface area contributed by atoms with Crippen molar-refractivity contribution in [3.8, 4) is 11.5 Å². The Balaban J connectivity index is 1.72. The fourth-order valence-corrected chi connectivity index (χ4v) is 5.30. The molecule has 1 aliphatic rings. The Morgan fingerprint density at radius 2 is 1.59 bits per heavy atom. The third kappa shape index (κ3) is 4.21. The van der Waals surface area contributed by atoms with E-state index in [2.05, 4.69) is 70.2 Å². The summed E-state index contributed by atoms with van der Waals surface area (Å²) < 4.78 is 10.7. The van der Waals surface area contributed by atoms with Crippen LogP contribution in [-0.4, -0.2) is 25.7 Å². The number of benzene rings is 3. The van der Waals surface area contributed by atoms with E-state index >= 15 is 0 Å². The fourth-order valence-electron chi connectivity index (χ4n) is 5.30. The molecule has 176 valence electrons. The minimum absolute atomic E-state index is 0.0433. The summed E-state index contributed by atoms with van der Waals surface area (Å²) in [6, 6.07) is 22.7. The van der Waals surface area contributed by atoms with Crippen LogP contribution in [0.25, 0.3) is 6.08 Å². The molecule has 0 aliphatic carbocycles. The predicted molar refractivity (Wildman–Crippen MR) is 139 cm³/mol. The van der Waals surface area contributed by atoms with Crippen LogP contribution in [0.4, 0.5) is 5.69 Å². The van der Waals surface area contributed by atoms with Crippen LogP contribution in [0.2, 0.25) is 0 Å². The van der Waals surface area contributed by atoms with Crippen molar-refractivity contribution in [2.45, 2.75) is 45.1 Å². The van der Waals surface area contributed by atoms with Gasteiger partial charge in [0.1, 0.15) is 0 Å². The maximum absolute atomic E-state index is 13.6. The summed E-state index contributed by atoms with van der Waals surface area (Å²) in [4.78, 5) is 15.5. The zero-order chi connectivity index (χ0) is 24.5. The molecule has 0 radical (unpaired) electrons. The van der Waals surface area contributed by atoms with Crippen LogP contribution in [-0.2, 0) is 10.2 Å². The molecule has 4 heteroatoms. The van der Waals surface area contributed by atoms with E-state index in [0.717, 1.165) is 17.7 Å². The Morgan fingerprint density at radius 3 is 2.26 bits per heavy atom. The van der Waals surface area contributed by atoms with Crippen molar-refractivity contribution in [2.75, 3.05) is 19.1 Å². The first-order chi connectivity index (χ1) is 16.2. The van der Waals surface area contributed by atoms with E-state index in [1.54, 1.807) is 20.3 Å². The van der Waals surface area contributed by atoms with Crippen molar-refractivity contribution in [3.63, 3.8) is 0 Å². The Kier molecular flexibility index (Phi) is 6.26. The lowest BCUT2D eigenvalue weighted by Gasteiger charge is -2.51. The predicted octanol–water partition coefficient (Wildman–Crippen LogP) is 6.55. The third-order valence-corrected chi connectivity index (χ3v) is 6.87. The van der Waals surface area contributed by atoms with Crippen molar-refractivity contribution >= 4 is 17.7 Å². The van der Waals surface area contributed by atoms with Gasteiger partial charge >= 0.3 is 0 Å². The minimum atomic E-state index is -0.382. The van der Waals surface area contributed by atoms with E-state index in [9.17, 15) is 4.79 Å². The Labute approximate surface area is 202 Å². The van der Waals surface area contributed by atoms with Crippen LogP contribution in [0, 0.1) is 6.92 Å². The van der Waals surface area contributed by atoms with Gasteiger partial charge in [0.15, 0.2) is 11.5 Å². The van der Waals surface area contributed by atoms with Gasteiger partial charge in [0.2, 0.25) is 0 Å². The zero-order valence-corrected chi connectivity index (χ0v) is 20.9. The van der Waals surface area contributed by atoms with Gasteiger partial charge in [-0.05, 0) is 68.2 Å². The van der Waals surface area contributed by atoms with Gasteiger partial charge in [-0.15, -0.1) is 0 Å². The summed E-state index contributed by atoms with van der Waals surface area (Å²) in [5, 5.41) is 0. The lowest BCUT2D eigenvalue weighted by atomic mass is 9.65. The summed E-state index contributed by atoms with van der Waals surface area (Å²) >= 11 is 0. The van der Waals surface area contributed by atoms with Gasteiger partial charge in [-0.3, -0.25) is 4.79 Å². The topological polar surface area (TPSA) is 38.8 Å². The largest absolute Gasteiger partial charge is 0.493 e. The number of carbonyl (C=O) groups excluding carboxylic acids is 1. The van der Waals surface area contributed by atoms with E-state index in [1.165, 1.54) is 16.7 Å². The zero-order valence-electron chi connectivity index (χ0n) is 20.9. The number of aryl methyl sites for hydroxylation is 1. The first-order valence-electron chi connectivity index (χ1n) is 11.6. The number of para-hydroxylation sites is 1. The second-order valence-electron chi connectivity index (χ2n) is 9.83. The molecule has 0 N–H and O–H groups in total. The molecule has 34 heavy (non-hydrogen) atoms. The number of ether oxygens (including phenoxy) is 2. The molecular weight excluding hydrogens is 422 g/mol. The van der Waals surface area contributed by atoms with Crippen LogP contribution in [0.5, 0.6) is 11.5 Å². The summed E-state index contributed by atoms with van der Waals surface area (Å²) in [6.07, 6.45) is 4.29. The standard InChI is InChI=1S/C30H33NO3/c1-21-11-15-23(16-12-21)30(4)20-29(2,3)31(25-10-8-7-9-24(25)30)28(32)18-14-22-13-17-26(33-5)27(19-22)34-6/h7-19H,20H2,1-6H3. The van der Waals surface area contributed by atoms with Crippen molar-refractivity contribution in [2.24, 2.45) is 0 Å². The third-order valence-electron chi connectivity index (χ3n) is 6.87. The number of amides is 1. The molecule has 0 bridgehead atoms. The van der Waals surface area contributed by atoms with E-state index in [-0.39, 0.29) is 16.9 Å². The highest BCUT2D eigenvalue weighted by atomic mass is 16.5. The average Bonchev–Trinajstić information content (AvgIpc) is 2.82. The Bertz CT molecular complexity index is 1230. The van der Waals surface area contributed by atoms with Gasteiger partial charge in [0, 0.05) is 22.7 Å². The van der Waals surface area contributed by atoms with Gasteiger partial charge < -0.3 is 14.4 Å². The Hall–Kier alpha value is -3.53. The number of anilines is 1. The van der Waals surface area contributed by atoms with Crippen molar-refractivity contribution < 1.29 is 14.3 Å². The van der Waals surface area contributed by atoms with Gasteiger partial charge in [-0.2, -0.15) is 0 Å². The molecule has 1 unspecified atom stereocenters. The molecule has 1 aliphatic heterocycles. The quantitative estimate of drug-likeness (QED) is 0.410. The van der Waals surface area contributed by atoms with Gasteiger partial charge in [-0.25, -0.2) is 0 Å². The van der Waals surface area contributed by atoms with Gasteiger partial charge in [-0.1, -0.05) is 61.0 Å². The van der Waals surface area contributed by atoms with Crippen molar-refractivity contribution in [3.05, 3.63) is 95.1 Å². The Morgan fingerprint density at radius 1 is 0.912 bits per heavy atom. The minimum Gasteiger partial charge on any atom is -0.493 e. The molecule has 0 aromatic heterocycles. The first kappa shape index (κ1) is 23.6. The second-order valence-corrected chi connectivity index (χ2v) is 9.83. The van der Waals surface area contributed by atoms with Crippen LogP contribution in [0.1, 0.15) is 49.4 Å². The number of nitrogens with zero attached hydrogens (tertiary/aromatic N) is 1. The van der Waals surface area contributed by atoms with Crippen molar-refractivity contribution in [1.29, 1.82) is 0 Å². The summed E-state index contributed by atoms with van der Waals surface area (Å²) in [5.41, 5.74) is 4.94. The fraction of sp³-hybridized carbons (Fsp3) is 0.300. The number of rotatable bonds is 5. The van der Waals surface area contributed by atoms with Crippen LogP contribution >= 0.6 is 0 Å². The lowest BCUT2D eigenvalue weighted by Crippen LogP contribution is -2.55. The highest BCUT2D eigenvalue weighted by Crippen LogP contribution is 2.50. The number of carbonyl (C=O) groups is 1. The molecule has 1 amide bonds. The molecular formula is C30H33NO3. The van der Waals surface area contributed by atoms with E-state index in [0.29, 0.717) is 11.5 Å². The van der Waals surface area contributed by atoms with Crippen LogP contribution in [0.3, 0.4) is 0 Å². The molecule has 0 saturated heterocycles. The van der Waals surface area contributed by atoms with Crippen molar-refractivity contribution in [1.82, 2.24) is 0 Å². The van der Waals surface area contributed by atoms with Crippen LogP contribution < -0.4 is 14.4 Å². The summed E-state index contributed by atoms with van der Waals surface area (Å²) in [7, 11) is 3.21. The second kappa shape index (κ2) is 9.02. The smallest absolute Gasteiger partial charge is 0.251 e. The maximum Gasteiger partial charge on any atom is 0.251 e. The normalized spacial score (nSPS) is 19.1. The highest BCUT2D eigenvalue weighted by Gasteiger charge is 2.47. The van der Waals surface area contributed by atoms with Gasteiger partial charge in [0.25, 0.3) is 5.91 Å². The highest BCUT2D eigenvalue weighted by molar-refractivity contribution is 6.06. The lowest BCUT2D eigenvalue weighted by molar-refractivity contribution is -0.115. The molecule has 1 atom stereocenters. The monoisotopic (exact) mass is 455 g/mol. The van der Waals surface area contributed by atoms with E-state index < -0.39 is 0 Å². The summed E-state index contributed by atoms with van der Waals surface area (Å²) in [6.45, 7) is 8.70. The number of hydrogen-bond acceptors (Lipinski definition) is 3. The molecule has 0 spiro atoms. The van der Waals surface area contributed by atoms with Gasteiger partial charge in [0.05, 0.1) is 14.2 Å². The SMILES string of the molecule is COc1ccc(C=CC(=O)N2c3ccccc3C(C)(c3ccc(C)cc3)CC2(C)C)cc1OC. The average molecular weight is 456 g/mol. The number of methoxy groups -OCH3 is 2. The van der Waals surface area contributed by atoms with E-state index in [4.69, 9.17) is 9.47 Å². The molecule has 3 aromatic rings. The number of fused-ring (bicyclic) bond motifs is 1. The molecule has 0 saturated carbocycles. The molecule has 1 heterocycles. The summed E-state index contributed by atoms with van der Waals surface area (Å²) in [5.74, 6) is 1.25. The molecule has 4 nitrogen and oxygen atoms in total.